The topological polar surface area (TPSA) is 35.9 Å². The molecule has 0 aliphatic carbocycles. The van der Waals surface area contributed by atoms with Gasteiger partial charge in [-0.25, -0.2) is 0 Å². The molecular weight excluding hydrogens is 288 g/mol. The minimum atomic E-state index is 0.377. The zero-order valence-electron chi connectivity index (χ0n) is 12.7. The minimum absolute atomic E-state index is 0.377. The predicted octanol–water partition coefficient (Wildman–Crippen LogP) is 5.71. The predicted molar refractivity (Wildman–Crippen MR) is 88.1 cm³/mol. The average Bonchev–Trinajstić information content (AvgIpc) is 2.33. The third-order valence-corrected chi connectivity index (χ3v) is 2.32. The molecule has 0 aromatic heterocycles. The normalized spacial score (nSPS) is 8.72. The van der Waals surface area contributed by atoms with Gasteiger partial charge in [-0.05, 0) is 39.0 Å². The molecular formula is C15H27BrN2. The second-order valence-corrected chi connectivity index (χ2v) is 4.53. The first kappa shape index (κ1) is 19.5. The van der Waals surface area contributed by atoms with Crippen LogP contribution in [0.25, 0.3) is 0 Å². The zero-order chi connectivity index (χ0) is 14.7. The molecule has 0 atom stereocenters. The van der Waals surface area contributed by atoms with Gasteiger partial charge in [0.1, 0.15) is 0 Å². The Kier molecular flexibility index (Phi) is 12.2. The summed E-state index contributed by atoms with van der Waals surface area (Å²) in [5, 5.41) is 11.0. The first-order valence-corrected chi connectivity index (χ1v) is 7.41. The quantitative estimate of drug-likeness (QED) is 0.689. The maximum atomic E-state index is 7.64. The van der Waals surface area contributed by atoms with Crippen molar-refractivity contribution in [3.63, 3.8) is 0 Å². The number of hydrogen-bond acceptors (Lipinski definition) is 2. The van der Waals surface area contributed by atoms with Crippen molar-refractivity contribution in [2.75, 3.05) is 5.32 Å². The van der Waals surface area contributed by atoms with Gasteiger partial charge < -0.3 is 10.7 Å². The van der Waals surface area contributed by atoms with Gasteiger partial charge >= 0.3 is 0 Å². The molecule has 0 heterocycles. The first-order valence-electron chi connectivity index (χ1n) is 6.62. The van der Waals surface area contributed by atoms with Crippen LogP contribution in [0, 0.1) is 5.41 Å². The van der Waals surface area contributed by atoms with Crippen LogP contribution in [0.3, 0.4) is 0 Å². The molecule has 2 N–H and O–H groups in total. The molecule has 0 radical (unpaired) electrons. The minimum Gasteiger partial charge on any atom is -0.382 e. The van der Waals surface area contributed by atoms with Crippen molar-refractivity contribution in [3.8, 4) is 0 Å². The lowest BCUT2D eigenvalue weighted by molar-refractivity contribution is 0.899. The largest absolute Gasteiger partial charge is 0.382 e. The van der Waals surface area contributed by atoms with E-state index in [1.54, 1.807) is 6.92 Å². The second kappa shape index (κ2) is 11.3. The molecule has 0 saturated carbocycles. The van der Waals surface area contributed by atoms with E-state index in [1.165, 1.54) is 0 Å². The standard InChI is InChI=1S/C11H15BrN2.2C2H6/c1-7(2)14-11-6-9(12)4-5-10(11)8(3)13;2*1-2/h4-7,13-14H,1-3H3;2*1-2H3. The van der Waals surface area contributed by atoms with Crippen molar-refractivity contribution < 1.29 is 0 Å². The lowest BCUT2D eigenvalue weighted by atomic mass is 10.1. The number of halogens is 1. The first-order chi connectivity index (χ1) is 8.50. The van der Waals surface area contributed by atoms with E-state index < -0.39 is 0 Å². The van der Waals surface area contributed by atoms with Crippen LogP contribution in [-0.4, -0.2) is 11.8 Å². The van der Waals surface area contributed by atoms with E-state index in [9.17, 15) is 0 Å². The van der Waals surface area contributed by atoms with Crippen LogP contribution in [-0.2, 0) is 0 Å². The third kappa shape index (κ3) is 7.49. The van der Waals surface area contributed by atoms with Gasteiger partial charge in [-0.2, -0.15) is 0 Å². The molecule has 0 bridgehead atoms. The van der Waals surface area contributed by atoms with E-state index in [0.29, 0.717) is 11.8 Å². The second-order valence-electron chi connectivity index (χ2n) is 3.61. The Morgan fingerprint density at radius 2 is 1.67 bits per heavy atom. The van der Waals surface area contributed by atoms with Crippen LogP contribution in [0.4, 0.5) is 5.69 Å². The van der Waals surface area contributed by atoms with Crippen molar-refractivity contribution in [1.29, 1.82) is 5.41 Å². The Labute approximate surface area is 121 Å². The molecule has 0 aliphatic heterocycles. The number of hydrogen-bond donors (Lipinski definition) is 2. The fourth-order valence-corrected chi connectivity index (χ4v) is 1.63. The summed E-state index contributed by atoms with van der Waals surface area (Å²) in [5.74, 6) is 0. The third-order valence-electron chi connectivity index (χ3n) is 1.83. The SMILES string of the molecule is CC.CC.CC(=N)c1ccc(Br)cc1NC(C)C. The van der Waals surface area contributed by atoms with Gasteiger partial charge in [-0.3, -0.25) is 0 Å². The molecule has 0 fully saturated rings. The van der Waals surface area contributed by atoms with Crippen molar-refractivity contribution in [2.24, 2.45) is 0 Å². The molecule has 2 nitrogen and oxygen atoms in total. The van der Waals surface area contributed by atoms with Gasteiger partial charge in [0, 0.05) is 27.5 Å². The van der Waals surface area contributed by atoms with Gasteiger partial charge in [-0.1, -0.05) is 43.6 Å². The summed E-state index contributed by atoms with van der Waals surface area (Å²) >= 11 is 3.42. The van der Waals surface area contributed by atoms with Gasteiger partial charge in [0.25, 0.3) is 0 Å². The highest BCUT2D eigenvalue weighted by atomic mass is 79.9. The smallest absolute Gasteiger partial charge is 0.0445 e. The molecule has 3 heteroatoms. The molecule has 0 aliphatic rings. The lowest BCUT2D eigenvalue weighted by Crippen LogP contribution is -2.12. The molecule has 1 aromatic rings. The lowest BCUT2D eigenvalue weighted by Gasteiger charge is -2.14. The van der Waals surface area contributed by atoms with Crippen molar-refractivity contribution in [3.05, 3.63) is 28.2 Å². The summed E-state index contributed by atoms with van der Waals surface area (Å²) in [6.07, 6.45) is 0. The average molecular weight is 315 g/mol. The van der Waals surface area contributed by atoms with Crippen LogP contribution < -0.4 is 5.32 Å². The van der Waals surface area contributed by atoms with Gasteiger partial charge in [0.2, 0.25) is 0 Å². The summed E-state index contributed by atoms with van der Waals surface area (Å²) in [6, 6.07) is 6.30. The Morgan fingerprint density at radius 3 is 2.06 bits per heavy atom. The molecule has 1 rings (SSSR count). The Morgan fingerprint density at radius 1 is 1.17 bits per heavy atom. The van der Waals surface area contributed by atoms with Crippen LogP contribution in [0.15, 0.2) is 22.7 Å². The van der Waals surface area contributed by atoms with E-state index in [1.807, 2.05) is 45.9 Å². The molecule has 18 heavy (non-hydrogen) atoms. The van der Waals surface area contributed by atoms with Gasteiger partial charge in [0.05, 0.1) is 0 Å². The van der Waals surface area contributed by atoms with Crippen LogP contribution in [0.1, 0.15) is 54.0 Å². The Balaban J connectivity index is 0. The summed E-state index contributed by atoms with van der Waals surface area (Å²) in [7, 11) is 0. The monoisotopic (exact) mass is 314 g/mol. The van der Waals surface area contributed by atoms with E-state index in [4.69, 9.17) is 5.41 Å². The molecule has 0 unspecified atom stereocenters. The van der Waals surface area contributed by atoms with Crippen LogP contribution in [0.2, 0.25) is 0 Å². The Hall–Kier alpha value is -0.830. The van der Waals surface area contributed by atoms with Crippen LogP contribution in [0.5, 0.6) is 0 Å². The van der Waals surface area contributed by atoms with E-state index in [0.717, 1.165) is 15.7 Å². The van der Waals surface area contributed by atoms with Crippen molar-refractivity contribution in [1.82, 2.24) is 0 Å². The van der Waals surface area contributed by atoms with E-state index in [-0.39, 0.29) is 0 Å². The zero-order valence-corrected chi connectivity index (χ0v) is 14.3. The van der Waals surface area contributed by atoms with E-state index in [2.05, 4.69) is 35.1 Å². The molecule has 1 aromatic carbocycles. The van der Waals surface area contributed by atoms with Crippen molar-refractivity contribution >= 4 is 27.3 Å². The highest BCUT2D eigenvalue weighted by molar-refractivity contribution is 9.10. The summed E-state index contributed by atoms with van der Waals surface area (Å²) < 4.78 is 1.03. The maximum Gasteiger partial charge on any atom is 0.0445 e. The molecule has 0 spiro atoms. The fourth-order valence-electron chi connectivity index (χ4n) is 1.27. The number of rotatable bonds is 3. The number of anilines is 1. The Bertz CT molecular complexity index is 346. The highest BCUT2D eigenvalue weighted by Crippen LogP contribution is 2.22. The molecule has 104 valence electrons. The number of benzene rings is 1. The maximum absolute atomic E-state index is 7.64. The van der Waals surface area contributed by atoms with Gasteiger partial charge in [0.15, 0.2) is 0 Å². The highest BCUT2D eigenvalue weighted by Gasteiger charge is 2.05. The van der Waals surface area contributed by atoms with E-state index >= 15 is 0 Å². The van der Waals surface area contributed by atoms with Gasteiger partial charge in [-0.15, -0.1) is 0 Å². The number of nitrogens with one attached hydrogen (secondary N) is 2. The molecule has 0 saturated heterocycles. The van der Waals surface area contributed by atoms with Crippen LogP contribution >= 0.6 is 15.9 Å². The summed E-state index contributed by atoms with van der Waals surface area (Å²) in [4.78, 5) is 0. The fraction of sp³-hybridized carbons (Fsp3) is 0.533. The summed E-state index contributed by atoms with van der Waals surface area (Å²) in [6.45, 7) is 14.0. The summed E-state index contributed by atoms with van der Waals surface area (Å²) in [5.41, 5.74) is 2.56. The molecule has 0 amide bonds. The van der Waals surface area contributed by atoms with Crippen molar-refractivity contribution in [2.45, 2.75) is 54.5 Å².